The van der Waals surface area contributed by atoms with Crippen LogP contribution in [-0.2, 0) is 14.8 Å². The first kappa shape index (κ1) is 17.3. The van der Waals surface area contributed by atoms with Gasteiger partial charge in [-0.3, -0.25) is 9.52 Å². The van der Waals surface area contributed by atoms with E-state index in [4.69, 9.17) is 0 Å². The van der Waals surface area contributed by atoms with Crippen LogP contribution in [0.4, 0.5) is 20.2 Å². The minimum Gasteiger partial charge on any atom is -0.326 e. The van der Waals surface area contributed by atoms with Crippen LogP contribution in [0.1, 0.15) is 13.3 Å². The molecule has 1 fully saturated rings. The van der Waals surface area contributed by atoms with Crippen molar-refractivity contribution in [3.05, 3.63) is 54.1 Å². The molecule has 0 radical (unpaired) electrons. The van der Waals surface area contributed by atoms with E-state index >= 15 is 0 Å². The van der Waals surface area contributed by atoms with Gasteiger partial charge in [0.05, 0.1) is 4.90 Å². The van der Waals surface area contributed by atoms with Gasteiger partial charge in [-0.2, -0.15) is 0 Å². The van der Waals surface area contributed by atoms with Crippen molar-refractivity contribution in [1.82, 2.24) is 0 Å². The van der Waals surface area contributed by atoms with E-state index in [0.717, 1.165) is 18.6 Å². The van der Waals surface area contributed by atoms with E-state index in [1.165, 1.54) is 12.1 Å². The molecule has 3 rings (SSSR count). The van der Waals surface area contributed by atoms with Gasteiger partial charge in [0, 0.05) is 17.3 Å². The lowest BCUT2D eigenvalue weighted by Gasteiger charge is -2.10. The van der Waals surface area contributed by atoms with E-state index in [1.807, 2.05) is 6.92 Å². The highest BCUT2D eigenvalue weighted by molar-refractivity contribution is 7.92. The summed E-state index contributed by atoms with van der Waals surface area (Å²) >= 11 is 0. The van der Waals surface area contributed by atoms with E-state index in [9.17, 15) is 22.0 Å². The minimum atomic E-state index is -4.04. The molecule has 25 heavy (non-hydrogen) atoms. The van der Waals surface area contributed by atoms with Gasteiger partial charge < -0.3 is 5.32 Å². The van der Waals surface area contributed by atoms with Gasteiger partial charge in [0.2, 0.25) is 5.91 Å². The smallest absolute Gasteiger partial charge is 0.261 e. The molecule has 2 aromatic rings. The number of amides is 1. The van der Waals surface area contributed by atoms with Crippen LogP contribution in [0, 0.1) is 23.5 Å². The van der Waals surface area contributed by atoms with Crippen molar-refractivity contribution in [2.45, 2.75) is 18.2 Å². The number of anilines is 2. The van der Waals surface area contributed by atoms with E-state index in [2.05, 4.69) is 10.0 Å². The summed E-state index contributed by atoms with van der Waals surface area (Å²) in [6.45, 7) is 2.00. The Hall–Kier alpha value is -2.48. The van der Waals surface area contributed by atoms with Crippen molar-refractivity contribution in [3.8, 4) is 0 Å². The van der Waals surface area contributed by atoms with Crippen LogP contribution in [0.5, 0.6) is 0 Å². The summed E-state index contributed by atoms with van der Waals surface area (Å²) in [4.78, 5) is 11.5. The Balaban J connectivity index is 1.69. The standard InChI is InChI=1S/C17H16F2N2O3S/c1-10-8-14(10)17(22)20-11-2-4-12(5-3-11)21-25(23,24)13-6-7-15(18)16(19)9-13/h2-7,9-10,14,21H,8H2,1H3,(H,20,22). The fourth-order valence-electron chi connectivity index (χ4n) is 2.40. The molecule has 2 atom stereocenters. The number of hydrogen-bond acceptors (Lipinski definition) is 3. The highest BCUT2D eigenvalue weighted by Gasteiger charge is 2.39. The van der Waals surface area contributed by atoms with Crippen LogP contribution >= 0.6 is 0 Å². The molecule has 132 valence electrons. The van der Waals surface area contributed by atoms with Crippen LogP contribution in [-0.4, -0.2) is 14.3 Å². The van der Waals surface area contributed by atoms with Crippen LogP contribution in [0.3, 0.4) is 0 Å². The lowest BCUT2D eigenvalue weighted by Crippen LogP contribution is -2.15. The monoisotopic (exact) mass is 366 g/mol. The summed E-state index contributed by atoms with van der Waals surface area (Å²) < 4.78 is 52.8. The minimum absolute atomic E-state index is 0.0338. The molecule has 0 aliphatic heterocycles. The third-order valence-corrected chi connectivity index (χ3v) is 5.43. The molecule has 2 unspecified atom stereocenters. The molecule has 2 N–H and O–H groups in total. The zero-order valence-electron chi connectivity index (χ0n) is 13.3. The molecule has 1 saturated carbocycles. The molecule has 0 saturated heterocycles. The normalized spacial score (nSPS) is 19.3. The second-order valence-corrected chi connectivity index (χ2v) is 7.75. The third kappa shape index (κ3) is 3.96. The molecule has 1 aliphatic rings. The highest BCUT2D eigenvalue weighted by atomic mass is 32.2. The summed E-state index contributed by atoms with van der Waals surface area (Å²) in [5, 5.41) is 2.76. The Morgan fingerprint density at radius 1 is 1.04 bits per heavy atom. The maximum atomic E-state index is 13.2. The van der Waals surface area contributed by atoms with Gasteiger partial charge in [-0.1, -0.05) is 6.92 Å². The van der Waals surface area contributed by atoms with Crippen LogP contribution in [0.25, 0.3) is 0 Å². The van der Waals surface area contributed by atoms with E-state index in [-0.39, 0.29) is 22.4 Å². The lowest BCUT2D eigenvalue weighted by atomic mass is 10.2. The van der Waals surface area contributed by atoms with Gasteiger partial charge in [-0.25, -0.2) is 17.2 Å². The second-order valence-electron chi connectivity index (χ2n) is 6.07. The Morgan fingerprint density at radius 3 is 2.20 bits per heavy atom. The maximum absolute atomic E-state index is 13.2. The first-order valence-electron chi connectivity index (χ1n) is 7.65. The van der Waals surface area contributed by atoms with Gasteiger partial charge in [0.25, 0.3) is 10.0 Å². The molecule has 0 aromatic heterocycles. The predicted molar refractivity (Wildman–Crippen MR) is 89.5 cm³/mol. The number of rotatable bonds is 5. The molecular weight excluding hydrogens is 350 g/mol. The lowest BCUT2D eigenvalue weighted by molar-refractivity contribution is -0.117. The zero-order chi connectivity index (χ0) is 18.2. The molecule has 8 heteroatoms. The molecular formula is C17H16F2N2O3S. The summed E-state index contributed by atoms with van der Waals surface area (Å²) in [5.74, 6) is -1.99. The Kier molecular flexibility index (Phi) is 4.47. The van der Waals surface area contributed by atoms with Crippen LogP contribution in [0.15, 0.2) is 47.4 Å². The largest absolute Gasteiger partial charge is 0.326 e. The average molecular weight is 366 g/mol. The van der Waals surface area contributed by atoms with Crippen molar-refractivity contribution >= 4 is 27.3 Å². The second kappa shape index (κ2) is 6.44. The van der Waals surface area contributed by atoms with Gasteiger partial charge in [-0.15, -0.1) is 0 Å². The van der Waals surface area contributed by atoms with E-state index in [1.54, 1.807) is 12.1 Å². The van der Waals surface area contributed by atoms with Crippen LogP contribution < -0.4 is 10.0 Å². The quantitative estimate of drug-likeness (QED) is 0.852. The Labute approximate surface area is 144 Å². The van der Waals surface area contributed by atoms with Gasteiger partial charge in [0.1, 0.15) is 0 Å². The van der Waals surface area contributed by atoms with Gasteiger partial charge >= 0.3 is 0 Å². The SMILES string of the molecule is CC1CC1C(=O)Nc1ccc(NS(=O)(=O)c2ccc(F)c(F)c2)cc1. The molecule has 0 bridgehead atoms. The van der Waals surface area contributed by atoms with Crippen molar-refractivity contribution in [2.24, 2.45) is 11.8 Å². The Morgan fingerprint density at radius 2 is 1.64 bits per heavy atom. The van der Waals surface area contributed by atoms with E-state index < -0.39 is 21.7 Å². The Bertz CT molecular complexity index is 914. The van der Waals surface area contributed by atoms with Crippen molar-refractivity contribution in [2.75, 3.05) is 10.0 Å². The van der Waals surface area contributed by atoms with Gasteiger partial charge in [0.15, 0.2) is 11.6 Å². The summed E-state index contributed by atoms with van der Waals surface area (Å²) in [6.07, 6.45) is 0.873. The number of carbonyl (C=O) groups is 1. The van der Waals surface area contributed by atoms with Gasteiger partial charge in [-0.05, 0) is 54.8 Å². The number of sulfonamides is 1. The average Bonchev–Trinajstić information content (AvgIpc) is 3.28. The summed E-state index contributed by atoms with van der Waals surface area (Å²) in [7, 11) is -4.04. The first-order valence-corrected chi connectivity index (χ1v) is 9.13. The van der Waals surface area contributed by atoms with Crippen molar-refractivity contribution in [1.29, 1.82) is 0 Å². The summed E-state index contributed by atoms with van der Waals surface area (Å²) in [5.41, 5.74) is 0.794. The number of hydrogen-bond donors (Lipinski definition) is 2. The summed E-state index contributed by atoms with van der Waals surface area (Å²) in [6, 6.07) is 8.42. The molecule has 1 amide bonds. The predicted octanol–water partition coefficient (Wildman–Crippen LogP) is 3.36. The third-order valence-electron chi connectivity index (χ3n) is 4.05. The number of benzene rings is 2. The number of nitrogens with one attached hydrogen (secondary N) is 2. The molecule has 0 heterocycles. The van der Waals surface area contributed by atoms with Crippen molar-refractivity contribution in [3.63, 3.8) is 0 Å². The number of halogens is 2. The van der Waals surface area contributed by atoms with E-state index in [0.29, 0.717) is 17.7 Å². The maximum Gasteiger partial charge on any atom is 0.261 e. The molecule has 2 aromatic carbocycles. The van der Waals surface area contributed by atoms with Crippen LogP contribution in [0.2, 0.25) is 0 Å². The fourth-order valence-corrected chi connectivity index (χ4v) is 3.47. The fraction of sp³-hybridized carbons (Fsp3) is 0.235. The topological polar surface area (TPSA) is 75.3 Å². The number of carbonyl (C=O) groups excluding carboxylic acids is 1. The molecule has 5 nitrogen and oxygen atoms in total. The molecule has 0 spiro atoms. The molecule has 1 aliphatic carbocycles. The van der Waals surface area contributed by atoms with Crippen molar-refractivity contribution < 1.29 is 22.0 Å². The first-order chi connectivity index (χ1) is 11.8. The highest BCUT2D eigenvalue weighted by Crippen LogP contribution is 2.38. The zero-order valence-corrected chi connectivity index (χ0v) is 14.1.